The van der Waals surface area contributed by atoms with Gasteiger partial charge in [-0.2, -0.15) is 0 Å². The Kier molecular flexibility index (Phi) is 3.00. The number of hydrogen-bond acceptors (Lipinski definition) is 1. The smallest absolute Gasteiger partial charge is 0.157 e. The van der Waals surface area contributed by atoms with E-state index in [0.29, 0.717) is 0 Å². The number of hydrogen-bond donors (Lipinski definition) is 0. The molecule has 1 radical (unpaired) electrons. The predicted molar refractivity (Wildman–Crippen MR) is 76.6 cm³/mol. The highest BCUT2D eigenvalue weighted by molar-refractivity contribution is 6.29. The Labute approximate surface area is 113 Å². The van der Waals surface area contributed by atoms with E-state index in [2.05, 4.69) is 60.4 Å². The number of rotatable bonds is 2. The Balaban J connectivity index is 1.87. The Morgan fingerprint density at radius 2 is 1.78 bits per heavy atom. The van der Waals surface area contributed by atoms with E-state index in [1.165, 1.54) is 22.4 Å². The summed E-state index contributed by atoms with van der Waals surface area (Å²) in [6.45, 7) is 2.95. The first kappa shape index (κ1) is 11.6. The monoisotopic (exact) mass is 256 g/mol. The molecular formula is C16H15ClN. The number of nitrogens with zero attached hydrogens (tertiary/aromatic N) is 1. The molecule has 1 aliphatic rings. The fourth-order valence-electron chi connectivity index (χ4n) is 2.35. The average molecular weight is 257 g/mol. The van der Waals surface area contributed by atoms with Crippen LogP contribution in [0.5, 0.6) is 0 Å². The van der Waals surface area contributed by atoms with Crippen molar-refractivity contribution in [3.63, 3.8) is 0 Å². The van der Waals surface area contributed by atoms with Gasteiger partial charge in [0.15, 0.2) is 5.50 Å². The highest BCUT2D eigenvalue weighted by Crippen LogP contribution is 2.38. The van der Waals surface area contributed by atoms with Gasteiger partial charge in [0.1, 0.15) is 0 Å². The summed E-state index contributed by atoms with van der Waals surface area (Å²) in [4.78, 5) is 2.20. The zero-order valence-corrected chi connectivity index (χ0v) is 11.1. The summed E-state index contributed by atoms with van der Waals surface area (Å²) >= 11 is 6.37. The third kappa shape index (κ3) is 2.11. The standard InChI is InChI=1S/C16H15ClN/c1-12-6-8-13(9-7-12)11-18-15-5-3-2-4-14(15)10-16(18)17/h2-9H,10-11H2,1H3. The number of para-hydroxylation sites is 1. The van der Waals surface area contributed by atoms with Crippen LogP contribution in [-0.2, 0) is 13.0 Å². The van der Waals surface area contributed by atoms with Gasteiger partial charge in [0.2, 0.25) is 0 Å². The van der Waals surface area contributed by atoms with Crippen LogP contribution in [0.15, 0.2) is 48.5 Å². The molecule has 1 heterocycles. The second-order valence-electron chi connectivity index (χ2n) is 4.75. The second kappa shape index (κ2) is 4.66. The SMILES string of the molecule is Cc1ccc(CN2[C](Cl)Cc3ccccc32)cc1. The Morgan fingerprint density at radius 3 is 2.56 bits per heavy atom. The van der Waals surface area contributed by atoms with E-state index in [1.54, 1.807) is 0 Å². The van der Waals surface area contributed by atoms with Crippen LogP contribution in [0.4, 0.5) is 5.69 Å². The van der Waals surface area contributed by atoms with Crippen molar-refractivity contribution in [3.05, 3.63) is 70.7 Å². The summed E-state index contributed by atoms with van der Waals surface area (Å²) in [6.07, 6.45) is 0.851. The van der Waals surface area contributed by atoms with E-state index in [4.69, 9.17) is 11.6 Å². The van der Waals surface area contributed by atoms with Gasteiger partial charge in [0.25, 0.3) is 0 Å². The lowest BCUT2D eigenvalue weighted by atomic mass is 10.1. The lowest BCUT2D eigenvalue weighted by Gasteiger charge is -2.22. The zero-order chi connectivity index (χ0) is 12.5. The fourth-order valence-corrected chi connectivity index (χ4v) is 2.65. The minimum atomic E-state index is 0.843. The maximum atomic E-state index is 6.37. The minimum absolute atomic E-state index is 0.843. The lowest BCUT2D eigenvalue weighted by Crippen LogP contribution is -2.20. The molecule has 0 atom stereocenters. The van der Waals surface area contributed by atoms with Gasteiger partial charge in [-0.15, -0.1) is 0 Å². The average Bonchev–Trinajstić information content (AvgIpc) is 2.69. The van der Waals surface area contributed by atoms with Gasteiger partial charge < -0.3 is 4.90 Å². The van der Waals surface area contributed by atoms with Gasteiger partial charge in [-0.1, -0.05) is 59.6 Å². The van der Waals surface area contributed by atoms with Crippen LogP contribution < -0.4 is 4.90 Å². The maximum Gasteiger partial charge on any atom is 0.157 e. The quantitative estimate of drug-likeness (QED) is 0.725. The van der Waals surface area contributed by atoms with E-state index in [-0.39, 0.29) is 0 Å². The molecule has 0 aromatic heterocycles. The summed E-state index contributed by atoms with van der Waals surface area (Å²) in [5.74, 6) is 0. The van der Waals surface area contributed by atoms with Crippen molar-refractivity contribution in [3.8, 4) is 0 Å². The summed E-state index contributed by atoms with van der Waals surface area (Å²) in [7, 11) is 0. The molecule has 0 saturated carbocycles. The third-order valence-electron chi connectivity index (χ3n) is 3.37. The molecule has 0 spiro atoms. The Bertz CT molecular complexity index is 547. The predicted octanol–water partition coefficient (Wildman–Crippen LogP) is 4.29. The van der Waals surface area contributed by atoms with Crippen LogP contribution >= 0.6 is 11.6 Å². The molecule has 0 saturated heterocycles. The summed E-state index contributed by atoms with van der Waals surface area (Å²) < 4.78 is 0. The first-order chi connectivity index (χ1) is 8.74. The summed E-state index contributed by atoms with van der Waals surface area (Å²) in [5.41, 5.74) is 6.04. The van der Waals surface area contributed by atoms with Crippen LogP contribution in [0.25, 0.3) is 0 Å². The van der Waals surface area contributed by atoms with Crippen molar-refractivity contribution in [1.82, 2.24) is 0 Å². The van der Waals surface area contributed by atoms with E-state index >= 15 is 0 Å². The number of aryl methyl sites for hydroxylation is 1. The molecule has 3 rings (SSSR count). The number of benzene rings is 2. The van der Waals surface area contributed by atoms with Crippen molar-refractivity contribution >= 4 is 17.3 Å². The van der Waals surface area contributed by atoms with E-state index in [0.717, 1.165) is 18.5 Å². The van der Waals surface area contributed by atoms with Crippen molar-refractivity contribution < 1.29 is 0 Å². The first-order valence-corrected chi connectivity index (χ1v) is 6.54. The van der Waals surface area contributed by atoms with Crippen LogP contribution in [0, 0.1) is 12.4 Å². The largest absolute Gasteiger partial charge is 0.345 e. The van der Waals surface area contributed by atoms with Gasteiger partial charge in [-0.3, -0.25) is 0 Å². The molecule has 2 aromatic carbocycles. The van der Waals surface area contributed by atoms with E-state index in [9.17, 15) is 0 Å². The van der Waals surface area contributed by atoms with Crippen molar-refractivity contribution in [2.24, 2.45) is 0 Å². The molecule has 2 heteroatoms. The zero-order valence-electron chi connectivity index (χ0n) is 10.4. The highest BCUT2D eigenvalue weighted by Gasteiger charge is 2.28. The van der Waals surface area contributed by atoms with E-state index < -0.39 is 0 Å². The molecule has 0 fully saturated rings. The normalized spacial score (nSPS) is 14.9. The highest BCUT2D eigenvalue weighted by atomic mass is 35.5. The summed E-state index contributed by atoms with van der Waals surface area (Å²) in [6, 6.07) is 17.0. The summed E-state index contributed by atoms with van der Waals surface area (Å²) in [5, 5.41) is 0. The number of anilines is 1. The topological polar surface area (TPSA) is 3.24 Å². The molecule has 0 amide bonds. The number of fused-ring (bicyclic) bond motifs is 1. The molecular weight excluding hydrogens is 242 g/mol. The molecule has 18 heavy (non-hydrogen) atoms. The van der Waals surface area contributed by atoms with Crippen molar-refractivity contribution in [1.29, 1.82) is 0 Å². The molecule has 1 aliphatic heterocycles. The molecule has 0 bridgehead atoms. The third-order valence-corrected chi connectivity index (χ3v) is 3.71. The lowest BCUT2D eigenvalue weighted by molar-refractivity contribution is 0.890. The molecule has 91 valence electrons. The Morgan fingerprint density at radius 1 is 1.06 bits per heavy atom. The van der Waals surface area contributed by atoms with Crippen LogP contribution in [-0.4, -0.2) is 0 Å². The van der Waals surface area contributed by atoms with Gasteiger partial charge in [0, 0.05) is 18.7 Å². The molecule has 2 aromatic rings. The molecule has 0 aliphatic carbocycles. The van der Waals surface area contributed by atoms with Crippen LogP contribution in [0.3, 0.4) is 0 Å². The van der Waals surface area contributed by atoms with Crippen molar-refractivity contribution in [2.75, 3.05) is 4.90 Å². The van der Waals surface area contributed by atoms with Crippen LogP contribution in [0.1, 0.15) is 16.7 Å². The minimum Gasteiger partial charge on any atom is -0.345 e. The Hall–Kier alpha value is -1.47. The first-order valence-electron chi connectivity index (χ1n) is 6.16. The molecule has 0 N–H and O–H groups in total. The molecule has 0 unspecified atom stereocenters. The second-order valence-corrected chi connectivity index (χ2v) is 5.19. The fraction of sp³-hybridized carbons (Fsp3) is 0.188. The van der Waals surface area contributed by atoms with Gasteiger partial charge in [-0.05, 0) is 24.1 Å². The maximum absolute atomic E-state index is 6.37. The van der Waals surface area contributed by atoms with E-state index in [1.807, 2.05) is 0 Å². The van der Waals surface area contributed by atoms with Gasteiger partial charge in [0.05, 0.1) is 0 Å². The van der Waals surface area contributed by atoms with Crippen molar-refractivity contribution in [2.45, 2.75) is 19.9 Å². The van der Waals surface area contributed by atoms with Gasteiger partial charge in [-0.25, -0.2) is 0 Å². The van der Waals surface area contributed by atoms with Crippen LogP contribution in [0.2, 0.25) is 0 Å². The number of halogens is 1. The van der Waals surface area contributed by atoms with Gasteiger partial charge >= 0.3 is 0 Å². The molecule has 1 nitrogen and oxygen atoms in total.